The van der Waals surface area contributed by atoms with Crippen molar-refractivity contribution in [3.63, 3.8) is 0 Å². The molecule has 1 rings (SSSR count). The lowest BCUT2D eigenvalue weighted by molar-refractivity contribution is -0.138. The first kappa shape index (κ1) is 14.3. The summed E-state index contributed by atoms with van der Waals surface area (Å²) in [5.74, 6) is -1.90. The van der Waals surface area contributed by atoms with Gasteiger partial charge in [0.1, 0.15) is 12.3 Å². The number of phenols is 1. The van der Waals surface area contributed by atoms with E-state index in [-0.39, 0.29) is 17.4 Å². The molecule has 0 aliphatic rings. The molecule has 0 fully saturated rings. The van der Waals surface area contributed by atoms with E-state index in [1.807, 2.05) is 0 Å². The number of halogens is 1. The van der Waals surface area contributed by atoms with E-state index in [9.17, 15) is 14.7 Å². The summed E-state index contributed by atoms with van der Waals surface area (Å²) in [5.41, 5.74) is -0.00236. The van der Waals surface area contributed by atoms with Crippen molar-refractivity contribution in [1.82, 2.24) is 4.90 Å². The Morgan fingerprint density at radius 2 is 2.00 bits per heavy atom. The van der Waals surface area contributed by atoms with Gasteiger partial charge in [0.2, 0.25) is 0 Å². The molecule has 0 saturated heterocycles. The van der Waals surface area contributed by atoms with Crippen LogP contribution < -0.4 is 0 Å². The molecule has 0 atom stereocenters. The van der Waals surface area contributed by atoms with E-state index < -0.39 is 18.4 Å². The number of amides is 1. The maximum absolute atomic E-state index is 12.1. The number of carbonyl (C=O) groups is 2. The smallest absolute Gasteiger partial charge is 0.323 e. The number of aliphatic carboxylic acids is 1. The van der Waals surface area contributed by atoms with Gasteiger partial charge in [0.15, 0.2) is 0 Å². The molecule has 5 nitrogen and oxygen atoms in total. The van der Waals surface area contributed by atoms with Crippen LogP contribution in [-0.2, 0) is 4.79 Å². The molecule has 0 bridgehead atoms. The van der Waals surface area contributed by atoms with Gasteiger partial charge in [-0.3, -0.25) is 9.59 Å². The summed E-state index contributed by atoms with van der Waals surface area (Å²) in [5, 5.41) is 18.7. The molecule has 2 N–H and O–H groups in total. The number of nitrogens with zero attached hydrogens (tertiary/aromatic N) is 1. The zero-order valence-electron chi connectivity index (χ0n) is 10.1. The molecule has 98 valence electrons. The van der Waals surface area contributed by atoms with E-state index in [1.54, 1.807) is 13.8 Å². The predicted octanol–water partition coefficient (Wildman–Crippen LogP) is 1.98. The second-order valence-corrected chi connectivity index (χ2v) is 4.52. The summed E-state index contributed by atoms with van der Waals surface area (Å²) in [6.45, 7) is 2.97. The lowest BCUT2D eigenvalue weighted by Gasteiger charge is -2.25. The highest BCUT2D eigenvalue weighted by Crippen LogP contribution is 2.23. The normalized spacial score (nSPS) is 10.4. The minimum absolute atomic E-state index is 0.00236. The van der Waals surface area contributed by atoms with Crippen LogP contribution in [0.2, 0.25) is 5.02 Å². The van der Waals surface area contributed by atoms with Gasteiger partial charge in [-0.25, -0.2) is 0 Å². The topological polar surface area (TPSA) is 77.8 Å². The van der Waals surface area contributed by atoms with Gasteiger partial charge in [0, 0.05) is 11.1 Å². The zero-order chi connectivity index (χ0) is 13.9. The Bertz CT molecular complexity index is 473. The van der Waals surface area contributed by atoms with E-state index in [1.165, 1.54) is 18.2 Å². The lowest BCUT2D eigenvalue weighted by atomic mass is 10.1. The van der Waals surface area contributed by atoms with E-state index in [0.29, 0.717) is 5.02 Å². The van der Waals surface area contributed by atoms with Crippen molar-refractivity contribution >= 4 is 23.5 Å². The minimum atomic E-state index is -1.11. The van der Waals surface area contributed by atoms with E-state index in [4.69, 9.17) is 16.7 Å². The first-order chi connectivity index (χ1) is 8.32. The number of rotatable bonds is 4. The average Bonchev–Trinajstić information content (AvgIpc) is 2.27. The fourth-order valence-electron chi connectivity index (χ4n) is 1.47. The summed E-state index contributed by atoms with van der Waals surface area (Å²) in [7, 11) is 0. The van der Waals surface area contributed by atoms with E-state index in [0.717, 1.165) is 4.90 Å². The molecular weight excluding hydrogens is 258 g/mol. The van der Waals surface area contributed by atoms with Gasteiger partial charge < -0.3 is 15.1 Å². The van der Waals surface area contributed by atoms with Crippen molar-refractivity contribution in [3.05, 3.63) is 28.8 Å². The van der Waals surface area contributed by atoms with Crippen LogP contribution in [0.3, 0.4) is 0 Å². The summed E-state index contributed by atoms with van der Waals surface area (Å²) in [6.07, 6.45) is 0. The monoisotopic (exact) mass is 271 g/mol. The third-order valence-electron chi connectivity index (χ3n) is 2.38. The molecule has 0 aliphatic carbocycles. The first-order valence-corrected chi connectivity index (χ1v) is 5.72. The molecule has 0 radical (unpaired) electrons. The number of carboxylic acids is 1. The molecule has 0 unspecified atom stereocenters. The zero-order valence-corrected chi connectivity index (χ0v) is 10.8. The molecule has 0 saturated carbocycles. The van der Waals surface area contributed by atoms with Crippen LogP contribution in [0.25, 0.3) is 0 Å². The third-order valence-corrected chi connectivity index (χ3v) is 2.61. The largest absolute Gasteiger partial charge is 0.507 e. The lowest BCUT2D eigenvalue weighted by Crippen LogP contribution is -2.40. The standard InChI is InChI=1S/C12H14ClNO4/c1-7(2)14(6-11(16)17)12(18)9-5-8(13)3-4-10(9)15/h3-5,7,15H,6H2,1-2H3,(H,16,17). The molecule has 6 heteroatoms. The quantitative estimate of drug-likeness (QED) is 0.878. The van der Waals surface area contributed by atoms with Gasteiger partial charge in [0.05, 0.1) is 5.56 Å². The van der Waals surface area contributed by atoms with Crippen LogP contribution in [0.5, 0.6) is 5.75 Å². The number of hydrogen-bond acceptors (Lipinski definition) is 3. The maximum atomic E-state index is 12.1. The second-order valence-electron chi connectivity index (χ2n) is 4.08. The molecule has 0 spiro atoms. The Hall–Kier alpha value is -1.75. The Kier molecular flexibility index (Phi) is 4.55. The molecule has 0 heterocycles. The minimum Gasteiger partial charge on any atom is -0.507 e. The van der Waals surface area contributed by atoms with Crippen LogP contribution in [-0.4, -0.2) is 39.6 Å². The van der Waals surface area contributed by atoms with Crippen molar-refractivity contribution < 1.29 is 19.8 Å². The number of carboxylic acid groups (broad SMARTS) is 1. The fraction of sp³-hybridized carbons (Fsp3) is 0.333. The van der Waals surface area contributed by atoms with Gasteiger partial charge in [-0.1, -0.05) is 11.6 Å². The number of hydrogen-bond donors (Lipinski definition) is 2. The molecular formula is C12H14ClNO4. The second kappa shape index (κ2) is 5.73. The predicted molar refractivity (Wildman–Crippen MR) is 66.9 cm³/mol. The van der Waals surface area contributed by atoms with Crippen LogP contribution in [0.4, 0.5) is 0 Å². The van der Waals surface area contributed by atoms with Crippen LogP contribution >= 0.6 is 11.6 Å². The SMILES string of the molecule is CC(C)N(CC(=O)O)C(=O)c1cc(Cl)ccc1O. The van der Waals surface area contributed by atoms with Crippen LogP contribution in [0.15, 0.2) is 18.2 Å². The van der Waals surface area contributed by atoms with Gasteiger partial charge in [-0.05, 0) is 32.0 Å². The Morgan fingerprint density at radius 1 is 1.39 bits per heavy atom. The Morgan fingerprint density at radius 3 is 2.50 bits per heavy atom. The van der Waals surface area contributed by atoms with Gasteiger partial charge in [0.25, 0.3) is 5.91 Å². The molecule has 1 aromatic rings. The van der Waals surface area contributed by atoms with E-state index >= 15 is 0 Å². The number of aromatic hydroxyl groups is 1. The molecule has 1 amide bonds. The highest BCUT2D eigenvalue weighted by atomic mass is 35.5. The van der Waals surface area contributed by atoms with Crippen molar-refractivity contribution in [1.29, 1.82) is 0 Å². The van der Waals surface area contributed by atoms with Gasteiger partial charge in [-0.15, -0.1) is 0 Å². The van der Waals surface area contributed by atoms with Crippen molar-refractivity contribution in [2.75, 3.05) is 6.54 Å². The number of benzene rings is 1. The van der Waals surface area contributed by atoms with E-state index in [2.05, 4.69) is 0 Å². The Labute approximate surface area is 110 Å². The first-order valence-electron chi connectivity index (χ1n) is 5.34. The molecule has 0 aromatic heterocycles. The summed E-state index contributed by atoms with van der Waals surface area (Å²) in [6, 6.07) is 3.77. The average molecular weight is 272 g/mol. The molecule has 18 heavy (non-hydrogen) atoms. The highest BCUT2D eigenvalue weighted by Gasteiger charge is 2.23. The van der Waals surface area contributed by atoms with Gasteiger partial charge in [-0.2, -0.15) is 0 Å². The number of phenolic OH excluding ortho intramolecular Hbond substituents is 1. The molecule has 1 aromatic carbocycles. The van der Waals surface area contributed by atoms with Crippen LogP contribution in [0, 0.1) is 0 Å². The van der Waals surface area contributed by atoms with Crippen molar-refractivity contribution in [3.8, 4) is 5.75 Å². The Balaban J connectivity index is 3.09. The van der Waals surface area contributed by atoms with Crippen molar-refractivity contribution in [2.24, 2.45) is 0 Å². The fourth-order valence-corrected chi connectivity index (χ4v) is 1.64. The summed E-state index contributed by atoms with van der Waals surface area (Å²) < 4.78 is 0. The summed E-state index contributed by atoms with van der Waals surface area (Å²) >= 11 is 5.75. The third kappa shape index (κ3) is 3.37. The van der Waals surface area contributed by atoms with Gasteiger partial charge >= 0.3 is 5.97 Å². The highest BCUT2D eigenvalue weighted by molar-refractivity contribution is 6.31. The summed E-state index contributed by atoms with van der Waals surface area (Å²) in [4.78, 5) is 24.0. The van der Waals surface area contributed by atoms with Crippen molar-refractivity contribution in [2.45, 2.75) is 19.9 Å². The molecule has 0 aliphatic heterocycles. The maximum Gasteiger partial charge on any atom is 0.323 e. The number of carbonyl (C=O) groups excluding carboxylic acids is 1. The van der Waals surface area contributed by atoms with Crippen LogP contribution in [0.1, 0.15) is 24.2 Å².